The van der Waals surface area contributed by atoms with Gasteiger partial charge in [0.25, 0.3) is 0 Å². The standard InChI is InChI=1S/C21H25N3O3S/c1-21(2,14-27-19-10-11-20(28)24-23-19)22-12-16(25)13-26-18-9-5-7-15-6-3-4-8-17(15)18/h3-11,16,22,25H,12-14H2,1-2H3,(H,24,28). The summed E-state index contributed by atoms with van der Waals surface area (Å²) in [6, 6.07) is 17.4. The molecule has 0 aliphatic rings. The number of hydrogen-bond acceptors (Lipinski definition) is 6. The Morgan fingerprint density at radius 3 is 2.68 bits per heavy atom. The van der Waals surface area contributed by atoms with E-state index in [4.69, 9.17) is 21.7 Å². The number of nitrogens with zero attached hydrogens (tertiary/aromatic N) is 1. The van der Waals surface area contributed by atoms with E-state index < -0.39 is 6.10 Å². The Labute approximate surface area is 169 Å². The predicted octanol–water partition coefficient (Wildman–Crippen LogP) is 3.48. The van der Waals surface area contributed by atoms with Crippen molar-refractivity contribution in [2.45, 2.75) is 25.5 Å². The highest BCUT2D eigenvalue weighted by molar-refractivity contribution is 7.71. The molecule has 1 heterocycles. The van der Waals surface area contributed by atoms with Gasteiger partial charge < -0.3 is 19.9 Å². The summed E-state index contributed by atoms with van der Waals surface area (Å²) in [7, 11) is 0. The van der Waals surface area contributed by atoms with Crippen molar-refractivity contribution in [2.75, 3.05) is 19.8 Å². The number of fused-ring (bicyclic) bond motifs is 1. The lowest BCUT2D eigenvalue weighted by Gasteiger charge is -2.27. The van der Waals surface area contributed by atoms with Crippen LogP contribution in [0.4, 0.5) is 0 Å². The molecule has 0 saturated heterocycles. The number of H-pyrrole nitrogens is 1. The molecule has 3 aromatic rings. The Kier molecular flexibility index (Phi) is 6.61. The van der Waals surface area contributed by atoms with E-state index in [2.05, 4.69) is 15.5 Å². The van der Waals surface area contributed by atoms with Gasteiger partial charge in [-0.15, -0.1) is 5.10 Å². The van der Waals surface area contributed by atoms with Gasteiger partial charge in [-0.1, -0.05) is 48.6 Å². The van der Waals surface area contributed by atoms with Crippen LogP contribution in [0, 0.1) is 4.64 Å². The van der Waals surface area contributed by atoms with Crippen molar-refractivity contribution in [1.29, 1.82) is 0 Å². The van der Waals surface area contributed by atoms with Crippen LogP contribution in [0.1, 0.15) is 13.8 Å². The van der Waals surface area contributed by atoms with E-state index in [9.17, 15) is 5.11 Å². The molecule has 0 aliphatic carbocycles. The van der Waals surface area contributed by atoms with E-state index in [0.717, 1.165) is 16.5 Å². The van der Waals surface area contributed by atoms with Gasteiger partial charge in [-0.3, -0.25) is 5.10 Å². The largest absolute Gasteiger partial charge is 0.490 e. The Bertz CT molecular complexity index is 949. The number of aromatic amines is 1. The van der Waals surface area contributed by atoms with Gasteiger partial charge in [-0.2, -0.15) is 0 Å². The third-order valence-corrected chi connectivity index (χ3v) is 4.46. The van der Waals surface area contributed by atoms with Crippen LogP contribution in [0.2, 0.25) is 0 Å². The van der Waals surface area contributed by atoms with E-state index >= 15 is 0 Å². The summed E-state index contributed by atoms with van der Waals surface area (Å²) in [5, 5.41) is 22.5. The van der Waals surface area contributed by atoms with Crippen LogP contribution >= 0.6 is 12.2 Å². The van der Waals surface area contributed by atoms with Crippen LogP contribution < -0.4 is 14.8 Å². The monoisotopic (exact) mass is 399 g/mol. The maximum Gasteiger partial charge on any atom is 0.231 e. The second kappa shape index (κ2) is 9.14. The predicted molar refractivity (Wildman–Crippen MR) is 112 cm³/mol. The first-order chi connectivity index (χ1) is 13.4. The molecule has 0 amide bonds. The van der Waals surface area contributed by atoms with Crippen LogP contribution in [0.15, 0.2) is 54.6 Å². The fourth-order valence-electron chi connectivity index (χ4n) is 2.68. The van der Waals surface area contributed by atoms with E-state index in [-0.39, 0.29) is 12.1 Å². The van der Waals surface area contributed by atoms with E-state index in [0.29, 0.717) is 23.7 Å². The number of aliphatic hydroxyl groups is 1. The topological polar surface area (TPSA) is 79.4 Å². The number of rotatable bonds is 9. The number of hydrogen-bond donors (Lipinski definition) is 3. The van der Waals surface area contributed by atoms with Crippen molar-refractivity contribution in [3.05, 3.63) is 59.2 Å². The summed E-state index contributed by atoms with van der Waals surface area (Å²) < 4.78 is 12.1. The van der Waals surface area contributed by atoms with Gasteiger partial charge >= 0.3 is 0 Å². The number of benzene rings is 2. The van der Waals surface area contributed by atoms with E-state index in [1.807, 2.05) is 56.3 Å². The lowest BCUT2D eigenvalue weighted by atomic mass is 10.1. The highest BCUT2D eigenvalue weighted by Crippen LogP contribution is 2.25. The minimum Gasteiger partial charge on any atom is -0.490 e. The van der Waals surface area contributed by atoms with Crippen molar-refractivity contribution in [2.24, 2.45) is 0 Å². The number of aliphatic hydroxyl groups excluding tert-OH is 1. The van der Waals surface area contributed by atoms with Gasteiger partial charge in [0.05, 0.1) is 0 Å². The van der Waals surface area contributed by atoms with Gasteiger partial charge in [0.1, 0.15) is 29.7 Å². The third kappa shape index (κ3) is 5.76. The zero-order valence-electron chi connectivity index (χ0n) is 16.0. The number of aromatic nitrogens is 2. The maximum absolute atomic E-state index is 10.3. The fourth-order valence-corrected chi connectivity index (χ4v) is 2.79. The van der Waals surface area contributed by atoms with Crippen LogP contribution in [-0.4, -0.2) is 46.7 Å². The Balaban J connectivity index is 1.46. The average Bonchev–Trinajstić information content (AvgIpc) is 2.70. The first kappa shape index (κ1) is 20.3. The molecule has 7 heteroatoms. The minimum atomic E-state index is -0.649. The number of ether oxygens (including phenoxy) is 2. The Morgan fingerprint density at radius 1 is 1.11 bits per heavy atom. The SMILES string of the molecule is CC(C)(COc1ccc(=S)[nH]n1)NCC(O)COc1cccc2ccccc12. The summed E-state index contributed by atoms with van der Waals surface area (Å²) in [6.45, 7) is 4.97. The molecule has 2 aromatic carbocycles. The van der Waals surface area contributed by atoms with Crippen molar-refractivity contribution < 1.29 is 14.6 Å². The van der Waals surface area contributed by atoms with Gasteiger partial charge in [-0.25, -0.2) is 0 Å². The average molecular weight is 400 g/mol. The second-order valence-corrected chi connectivity index (χ2v) is 7.69. The lowest BCUT2D eigenvalue weighted by Crippen LogP contribution is -2.48. The Morgan fingerprint density at radius 2 is 1.89 bits per heavy atom. The van der Waals surface area contributed by atoms with Crippen molar-refractivity contribution in [3.8, 4) is 11.6 Å². The van der Waals surface area contributed by atoms with Crippen LogP contribution in [0.5, 0.6) is 11.6 Å². The van der Waals surface area contributed by atoms with E-state index in [1.165, 1.54) is 0 Å². The molecule has 1 aromatic heterocycles. The quantitative estimate of drug-likeness (QED) is 0.478. The van der Waals surface area contributed by atoms with Gasteiger partial charge in [-0.05, 0) is 31.4 Å². The number of β-amino-alcohol motifs (C(OH)–C–C–N with tert-alkyl or cyclic N) is 1. The molecule has 28 heavy (non-hydrogen) atoms. The van der Waals surface area contributed by atoms with Gasteiger partial charge in [0, 0.05) is 23.5 Å². The molecule has 3 N–H and O–H groups in total. The maximum atomic E-state index is 10.3. The first-order valence-corrected chi connectivity index (χ1v) is 9.56. The molecule has 1 unspecified atom stereocenters. The molecule has 6 nitrogen and oxygen atoms in total. The molecule has 148 valence electrons. The van der Waals surface area contributed by atoms with Crippen molar-refractivity contribution in [1.82, 2.24) is 15.5 Å². The smallest absolute Gasteiger partial charge is 0.231 e. The van der Waals surface area contributed by atoms with Crippen LogP contribution in [0.25, 0.3) is 10.8 Å². The normalized spacial score (nSPS) is 12.7. The molecular formula is C21H25N3O3S. The molecule has 0 bridgehead atoms. The highest BCUT2D eigenvalue weighted by Gasteiger charge is 2.20. The molecular weight excluding hydrogens is 374 g/mol. The summed E-state index contributed by atoms with van der Waals surface area (Å²) in [6.07, 6.45) is -0.649. The summed E-state index contributed by atoms with van der Waals surface area (Å²) in [5.74, 6) is 1.25. The molecule has 0 aliphatic heterocycles. The summed E-state index contributed by atoms with van der Waals surface area (Å²) in [4.78, 5) is 0. The lowest BCUT2D eigenvalue weighted by molar-refractivity contribution is 0.0929. The molecule has 0 spiro atoms. The molecule has 0 fully saturated rings. The third-order valence-electron chi connectivity index (χ3n) is 4.23. The van der Waals surface area contributed by atoms with E-state index in [1.54, 1.807) is 12.1 Å². The number of nitrogens with one attached hydrogen (secondary N) is 2. The summed E-state index contributed by atoms with van der Waals surface area (Å²) >= 11 is 4.96. The van der Waals surface area contributed by atoms with Crippen molar-refractivity contribution >= 4 is 23.0 Å². The second-order valence-electron chi connectivity index (χ2n) is 7.26. The zero-order chi connectivity index (χ0) is 20.0. The van der Waals surface area contributed by atoms with Crippen molar-refractivity contribution in [3.63, 3.8) is 0 Å². The molecule has 0 radical (unpaired) electrons. The van der Waals surface area contributed by atoms with Gasteiger partial charge in [0.15, 0.2) is 0 Å². The zero-order valence-corrected chi connectivity index (χ0v) is 16.8. The molecule has 3 rings (SSSR count). The minimum absolute atomic E-state index is 0.203. The first-order valence-electron chi connectivity index (χ1n) is 9.15. The molecule has 1 atom stereocenters. The van der Waals surface area contributed by atoms with Gasteiger partial charge in [0.2, 0.25) is 5.88 Å². The summed E-state index contributed by atoms with van der Waals surface area (Å²) in [5.41, 5.74) is -0.352. The Hall–Kier alpha value is -2.48. The highest BCUT2D eigenvalue weighted by atomic mass is 32.1. The van der Waals surface area contributed by atoms with Crippen LogP contribution in [0.3, 0.4) is 0 Å². The fraction of sp³-hybridized carbons (Fsp3) is 0.333. The van der Waals surface area contributed by atoms with Crippen LogP contribution in [-0.2, 0) is 0 Å². The molecule has 0 saturated carbocycles.